The molecule has 2 atom stereocenters. The van der Waals surface area contributed by atoms with E-state index in [0.29, 0.717) is 6.04 Å². The van der Waals surface area contributed by atoms with Crippen LogP contribution in [0.2, 0.25) is 0 Å². The van der Waals surface area contributed by atoms with E-state index in [0.717, 1.165) is 6.42 Å². The van der Waals surface area contributed by atoms with Crippen LogP contribution >= 0.6 is 0 Å². The van der Waals surface area contributed by atoms with Gasteiger partial charge in [0, 0.05) is 19.0 Å². The number of amides is 1. The molecule has 3 rings (SSSR count). The molecule has 1 fully saturated rings. The number of nitrogens with zero attached hydrogens (tertiary/aromatic N) is 2. The van der Waals surface area contributed by atoms with Crippen LogP contribution in [0.15, 0.2) is 24.3 Å². The number of likely N-dealkylation sites (N-methyl/N-ethyl adjacent to an activating group) is 1. The first-order valence-corrected chi connectivity index (χ1v) is 8.18. The van der Waals surface area contributed by atoms with Gasteiger partial charge in [0.05, 0.1) is 6.04 Å². The molecule has 1 amide bonds. The molecule has 114 valence electrons. The van der Waals surface area contributed by atoms with Gasteiger partial charge in [0.1, 0.15) is 0 Å². The second kappa shape index (κ2) is 5.80. The van der Waals surface area contributed by atoms with Crippen molar-refractivity contribution in [2.24, 2.45) is 5.92 Å². The summed E-state index contributed by atoms with van der Waals surface area (Å²) in [7, 11) is 1.98. The van der Waals surface area contributed by atoms with Crippen molar-refractivity contribution in [2.75, 3.05) is 20.1 Å². The van der Waals surface area contributed by atoms with E-state index in [4.69, 9.17) is 0 Å². The maximum atomic E-state index is 12.5. The molecule has 1 aliphatic heterocycles. The molecule has 1 aliphatic carbocycles. The summed E-state index contributed by atoms with van der Waals surface area (Å²) in [5, 5.41) is 0. The van der Waals surface area contributed by atoms with Gasteiger partial charge in [-0.15, -0.1) is 0 Å². The quantitative estimate of drug-likeness (QED) is 0.853. The number of carbonyl (C=O) groups is 1. The minimum Gasteiger partial charge on any atom is -0.337 e. The average Bonchev–Trinajstić information content (AvgIpc) is 3.12. The van der Waals surface area contributed by atoms with Gasteiger partial charge in [0.25, 0.3) is 0 Å². The van der Waals surface area contributed by atoms with E-state index in [9.17, 15) is 4.79 Å². The summed E-state index contributed by atoms with van der Waals surface area (Å²) in [5.74, 6) is 0.308. The Kier molecular flexibility index (Phi) is 4.03. The van der Waals surface area contributed by atoms with Gasteiger partial charge in [-0.2, -0.15) is 0 Å². The molecule has 0 spiro atoms. The third-order valence-electron chi connectivity index (χ3n) is 5.04. The summed E-state index contributed by atoms with van der Waals surface area (Å²) in [6, 6.07) is 9.33. The van der Waals surface area contributed by atoms with Crippen LogP contribution in [0.25, 0.3) is 0 Å². The van der Waals surface area contributed by atoms with Crippen LogP contribution in [0.4, 0.5) is 0 Å². The molecule has 0 aromatic heterocycles. The van der Waals surface area contributed by atoms with Gasteiger partial charge in [-0.3, -0.25) is 9.69 Å². The predicted molar refractivity (Wildman–Crippen MR) is 85.1 cm³/mol. The van der Waals surface area contributed by atoms with Gasteiger partial charge in [0.2, 0.25) is 5.91 Å². The number of carbonyl (C=O) groups excluding carboxylic acids is 1. The van der Waals surface area contributed by atoms with E-state index in [2.05, 4.69) is 29.2 Å². The van der Waals surface area contributed by atoms with Crippen molar-refractivity contribution in [2.45, 2.75) is 45.2 Å². The molecule has 21 heavy (non-hydrogen) atoms. The molecule has 0 unspecified atom stereocenters. The highest BCUT2D eigenvalue weighted by atomic mass is 16.2. The Labute approximate surface area is 127 Å². The number of benzene rings is 1. The Morgan fingerprint density at radius 2 is 1.90 bits per heavy atom. The molecule has 1 heterocycles. The van der Waals surface area contributed by atoms with Crippen molar-refractivity contribution in [1.82, 2.24) is 9.80 Å². The van der Waals surface area contributed by atoms with Crippen LogP contribution < -0.4 is 0 Å². The fraction of sp³-hybridized carbons (Fsp3) is 0.611. The van der Waals surface area contributed by atoms with E-state index >= 15 is 0 Å². The molecule has 1 aromatic rings. The van der Waals surface area contributed by atoms with Crippen LogP contribution in [0.1, 0.15) is 43.9 Å². The third kappa shape index (κ3) is 2.59. The number of fused-ring (bicyclic) bond motifs is 1. The van der Waals surface area contributed by atoms with E-state index in [-0.39, 0.29) is 17.9 Å². The molecule has 1 saturated heterocycles. The number of hydrogen-bond donors (Lipinski definition) is 0. The van der Waals surface area contributed by atoms with Gasteiger partial charge in [-0.1, -0.05) is 38.1 Å². The highest BCUT2D eigenvalue weighted by molar-refractivity contribution is 5.78. The Bertz CT molecular complexity index is 520. The number of hydrogen-bond acceptors (Lipinski definition) is 2. The van der Waals surface area contributed by atoms with Crippen LogP contribution in [-0.4, -0.2) is 41.9 Å². The smallest absolute Gasteiger partial charge is 0.225 e. The molecule has 1 aromatic carbocycles. The minimum absolute atomic E-state index is 0.0574. The van der Waals surface area contributed by atoms with Crippen LogP contribution in [0.3, 0.4) is 0 Å². The third-order valence-corrected chi connectivity index (χ3v) is 5.04. The topological polar surface area (TPSA) is 23.6 Å². The van der Waals surface area contributed by atoms with Crippen molar-refractivity contribution in [3.63, 3.8) is 0 Å². The lowest BCUT2D eigenvalue weighted by atomic mass is 10.0. The van der Waals surface area contributed by atoms with Crippen molar-refractivity contribution in [3.05, 3.63) is 35.4 Å². The summed E-state index contributed by atoms with van der Waals surface area (Å²) in [6.07, 6.45) is 3.67. The Balaban J connectivity index is 1.93. The maximum Gasteiger partial charge on any atom is 0.225 e. The van der Waals surface area contributed by atoms with E-state index in [1.807, 2.05) is 25.8 Å². The van der Waals surface area contributed by atoms with Crippen LogP contribution in [-0.2, 0) is 11.2 Å². The fourth-order valence-electron chi connectivity index (χ4n) is 3.97. The van der Waals surface area contributed by atoms with Crippen molar-refractivity contribution < 1.29 is 4.79 Å². The highest BCUT2D eigenvalue weighted by Gasteiger charge is 2.40. The zero-order chi connectivity index (χ0) is 15.0. The maximum absolute atomic E-state index is 12.5. The van der Waals surface area contributed by atoms with Crippen molar-refractivity contribution in [1.29, 1.82) is 0 Å². The lowest BCUT2D eigenvalue weighted by molar-refractivity contribution is -0.136. The van der Waals surface area contributed by atoms with Gasteiger partial charge < -0.3 is 4.90 Å². The van der Waals surface area contributed by atoms with Gasteiger partial charge in [-0.25, -0.2) is 0 Å². The summed E-state index contributed by atoms with van der Waals surface area (Å²) in [5.41, 5.74) is 2.77. The summed E-state index contributed by atoms with van der Waals surface area (Å²) >= 11 is 0. The van der Waals surface area contributed by atoms with Gasteiger partial charge in [-0.05, 0) is 43.5 Å². The minimum atomic E-state index is 0.0574. The predicted octanol–water partition coefficient (Wildman–Crippen LogP) is 2.86. The molecular formula is C18H26N2O. The Morgan fingerprint density at radius 1 is 1.24 bits per heavy atom. The molecule has 0 radical (unpaired) electrons. The summed E-state index contributed by atoms with van der Waals surface area (Å²) in [4.78, 5) is 17.1. The van der Waals surface area contributed by atoms with E-state index < -0.39 is 0 Å². The zero-order valence-electron chi connectivity index (χ0n) is 13.4. The SMILES string of the molecule is CC(C)C(=O)N(C)[C@@H]1c2ccccc2C[C@H]1N1CCCC1. The Morgan fingerprint density at radius 3 is 2.57 bits per heavy atom. The van der Waals surface area contributed by atoms with Gasteiger partial charge >= 0.3 is 0 Å². The monoisotopic (exact) mass is 286 g/mol. The van der Waals surface area contributed by atoms with Crippen molar-refractivity contribution in [3.8, 4) is 0 Å². The number of rotatable bonds is 3. The zero-order valence-corrected chi connectivity index (χ0v) is 13.4. The first-order chi connectivity index (χ1) is 10.1. The molecule has 0 saturated carbocycles. The first kappa shape index (κ1) is 14.6. The molecule has 2 aliphatic rings. The van der Waals surface area contributed by atoms with E-state index in [1.54, 1.807) is 0 Å². The second-order valence-corrected chi connectivity index (χ2v) is 6.76. The van der Waals surface area contributed by atoms with Crippen LogP contribution in [0.5, 0.6) is 0 Å². The lowest BCUT2D eigenvalue weighted by Crippen LogP contribution is -2.45. The lowest BCUT2D eigenvalue weighted by Gasteiger charge is -2.36. The highest BCUT2D eigenvalue weighted by Crippen LogP contribution is 2.39. The molecular weight excluding hydrogens is 260 g/mol. The summed E-state index contributed by atoms with van der Waals surface area (Å²) in [6.45, 7) is 6.34. The Hall–Kier alpha value is -1.35. The average molecular weight is 286 g/mol. The standard InChI is InChI=1S/C18H26N2O/c1-13(2)18(21)19(3)17-15-9-5-4-8-14(15)12-16(17)20-10-6-7-11-20/h4-5,8-9,13,16-17H,6-7,10-12H2,1-3H3/t16-,17-/m1/s1. The normalized spacial score (nSPS) is 25.3. The molecule has 3 heteroatoms. The second-order valence-electron chi connectivity index (χ2n) is 6.76. The first-order valence-electron chi connectivity index (χ1n) is 8.18. The van der Waals surface area contributed by atoms with E-state index in [1.165, 1.54) is 37.1 Å². The molecule has 0 N–H and O–H groups in total. The largest absolute Gasteiger partial charge is 0.337 e. The van der Waals surface area contributed by atoms with Gasteiger partial charge in [0.15, 0.2) is 0 Å². The fourth-order valence-corrected chi connectivity index (χ4v) is 3.97. The number of likely N-dealkylation sites (tertiary alicyclic amines) is 1. The molecule has 0 bridgehead atoms. The van der Waals surface area contributed by atoms with Crippen molar-refractivity contribution >= 4 is 5.91 Å². The van der Waals surface area contributed by atoms with Crippen LogP contribution in [0, 0.1) is 5.92 Å². The molecule has 3 nitrogen and oxygen atoms in total. The summed E-state index contributed by atoms with van der Waals surface area (Å²) < 4.78 is 0.